The third kappa shape index (κ3) is 3.10. The molecule has 0 N–H and O–H groups in total. The number of likely N-dealkylation sites (tertiary alicyclic amines) is 1. The van der Waals surface area contributed by atoms with E-state index in [9.17, 15) is 0 Å². The van der Waals surface area contributed by atoms with Crippen LogP contribution in [-0.4, -0.2) is 31.7 Å². The standard InChI is InChI=1S/C11H25NSi/c1-5-6-9-12-10-7-8-11(12)13(2,3)4/h11H,5-10H2,1-4H3/t11-/m1/s1. The van der Waals surface area contributed by atoms with Crippen LogP contribution in [0.4, 0.5) is 0 Å². The summed E-state index contributed by atoms with van der Waals surface area (Å²) in [5, 5.41) is 0. The number of unbranched alkanes of at least 4 members (excludes halogenated alkanes) is 1. The van der Waals surface area contributed by atoms with Gasteiger partial charge in [0.05, 0.1) is 8.07 Å². The fourth-order valence-electron chi connectivity index (χ4n) is 2.44. The second kappa shape index (κ2) is 4.60. The number of hydrogen-bond acceptors (Lipinski definition) is 1. The first-order valence-electron chi connectivity index (χ1n) is 5.79. The van der Waals surface area contributed by atoms with Crippen LogP contribution in [0.2, 0.25) is 19.6 Å². The second-order valence-electron chi connectivity index (χ2n) is 5.41. The lowest BCUT2D eigenvalue weighted by Gasteiger charge is -2.33. The lowest BCUT2D eigenvalue weighted by Crippen LogP contribution is -2.47. The zero-order chi connectivity index (χ0) is 9.90. The Kier molecular flexibility index (Phi) is 3.99. The topological polar surface area (TPSA) is 3.24 Å². The third-order valence-corrected chi connectivity index (χ3v) is 5.82. The van der Waals surface area contributed by atoms with Crippen LogP contribution in [-0.2, 0) is 0 Å². The lowest BCUT2D eigenvalue weighted by atomic mass is 10.3. The first kappa shape index (κ1) is 11.3. The molecule has 0 aliphatic carbocycles. The van der Waals surface area contributed by atoms with Crippen molar-refractivity contribution in [2.24, 2.45) is 0 Å². The van der Waals surface area contributed by atoms with Crippen LogP contribution < -0.4 is 0 Å². The average molecular weight is 199 g/mol. The van der Waals surface area contributed by atoms with E-state index in [0.29, 0.717) is 0 Å². The molecule has 0 aromatic rings. The van der Waals surface area contributed by atoms with E-state index in [2.05, 4.69) is 31.5 Å². The van der Waals surface area contributed by atoms with E-state index >= 15 is 0 Å². The van der Waals surface area contributed by atoms with Crippen LogP contribution in [0.25, 0.3) is 0 Å². The number of hydrogen-bond donors (Lipinski definition) is 0. The van der Waals surface area contributed by atoms with Gasteiger partial charge in [0.1, 0.15) is 0 Å². The SMILES string of the molecule is CCCCN1CCC[C@H]1[Si](C)(C)C. The molecule has 0 amide bonds. The maximum Gasteiger partial charge on any atom is 0.0638 e. The summed E-state index contributed by atoms with van der Waals surface area (Å²) in [6.07, 6.45) is 5.65. The first-order valence-corrected chi connectivity index (χ1v) is 9.37. The zero-order valence-corrected chi connectivity index (χ0v) is 10.8. The Morgan fingerprint density at radius 1 is 1.31 bits per heavy atom. The fourth-order valence-corrected chi connectivity index (χ4v) is 4.86. The highest BCUT2D eigenvalue weighted by Gasteiger charge is 2.34. The minimum atomic E-state index is -0.911. The van der Waals surface area contributed by atoms with Gasteiger partial charge in [-0.05, 0) is 32.4 Å². The van der Waals surface area contributed by atoms with Crippen molar-refractivity contribution < 1.29 is 0 Å². The third-order valence-electron chi connectivity index (χ3n) is 3.16. The highest BCUT2D eigenvalue weighted by atomic mass is 28.3. The largest absolute Gasteiger partial charge is 0.303 e. The quantitative estimate of drug-likeness (QED) is 0.629. The van der Waals surface area contributed by atoms with E-state index < -0.39 is 8.07 Å². The molecular weight excluding hydrogens is 174 g/mol. The predicted octanol–water partition coefficient (Wildman–Crippen LogP) is 3.13. The van der Waals surface area contributed by atoms with Crippen LogP contribution in [0.15, 0.2) is 0 Å². The maximum atomic E-state index is 2.76. The lowest BCUT2D eigenvalue weighted by molar-refractivity contribution is 0.299. The smallest absolute Gasteiger partial charge is 0.0638 e. The fraction of sp³-hybridized carbons (Fsp3) is 1.00. The minimum Gasteiger partial charge on any atom is -0.303 e. The molecule has 1 aliphatic rings. The van der Waals surface area contributed by atoms with Crippen molar-refractivity contribution in [3.8, 4) is 0 Å². The van der Waals surface area contributed by atoms with Crippen molar-refractivity contribution in [2.75, 3.05) is 13.1 Å². The van der Waals surface area contributed by atoms with Gasteiger partial charge in [-0.2, -0.15) is 0 Å². The molecule has 0 spiro atoms. The van der Waals surface area contributed by atoms with Gasteiger partial charge in [-0.3, -0.25) is 0 Å². The first-order chi connectivity index (χ1) is 6.05. The van der Waals surface area contributed by atoms with E-state index in [4.69, 9.17) is 0 Å². The summed E-state index contributed by atoms with van der Waals surface area (Å²) in [4.78, 5) is 2.76. The van der Waals surface area contributed by atoms with Crippen molar-refractivity contribution in [3.05, 3.63) is 0 Å². The summed E-state index contributed by atoms with van der Waals surface area (Å²) in [7, 11) is -0.911. The molecule has 0 aromatic heterocycles. The Balaban J connectivity index is 2.44. The van der Waals surface area contributed by atoms with Crippen LogP contribution in [0.1, 0.15) is 32.6 Å². The van der Waals surface area contributed by atoms with Gasteiger partial charge in [-0.25, -0.2) is 0 Å². The van der Waals surface area contributed by atoms with Gasteiger partial charge < -0.3 is 4.90 Å². The second-order valence-corrected chi connectivity index (χ2v) is 10.8. The highest BCUT2D eigenvalue weighted by Crippen LogP contribution is 2.25. The monoisotopic (exact) mass is 199 g/mol. The Morgan fingerprint density at radius 2 is 2.00 bits per heavy atom. The molecule has 1 rings (SSSR count). The van der Waals surface area contributed by atoms with Gasteiger partial charge in [-0.15, -0.1) is 0 Å². The van der Waals surface area contributed by atoms with Crippen LogP contribution in [0, 0.1) is 0 Å². The van der Waals surface area contributed by atoms with E-state index in [-0.39, 0.29) is 0 Å². The molecule has 0 bridgehead atoms. The zero-order valence-electron chi connectivity index (χ0n) is 9.77. The number of nitrogens with zero attached hydrogens (tertiary/aromatic N) is 1. The summed E-state index contributed by atoms with van der Waals surface area (Å²) < 4.78 is 0. The molecule has 0 radical (unpaired) electrons. The molecule has 1 nitrogen and oxygen atoms in total. The van der Waals surface area contributed by atoms with Crippen molar-refractivity contribution in [2.45, 2.75) is 57.9 Å². The summed E-state index contributed by atoms with van der Waals surface area (Å²) in [5.41, 5.74) is 0.971. The number of rotatable bonds is 4. The van der Waals surface area contributed by atoms with Crippen molar-refractivity contribution in [1.82, 2.24) is 4.90 Å². The normalized spacial score (nSPS) is 25.4. The van der Waals surface area contributed by atoms with Crippen LogP contribution in [0.3, 0.4) is 0 Å². The van der Waals surface area contributed by atoms with E-state index in [0.717, 1.165) is 5.67 Å². The van der Waals surface area contributed by atoms with Gasteiger partial charge in [0.15, 0.2) is 0 Å². The summed E-state index contributed by atoms with van der Waals surface area (Å²) >= 11 is 0. The minimum absolute atomic E-state index is 0.911. The highest BCUT2D eigenvalue weighted by molar-refractivity contribution is 6.77. The van der Waals surface area contributed by atoms with E-state index in [1.54, 1.807) is 0 Å². The van der Waals surface area contributed by atoms with E-state index in [1.807, 2.05) is 0 Å². The predicted molar refractivity (Wildman–Crippen MR) is 62.8 cm³/mol. The average Bonchev–Trinajstić information content (AvgIpc) is 2.47. The van der Waals surface area contributed by atoms with Gasteiger partial charge in [-0.1, -0.05) is 33.0 Å². The molecule has 1 atom stereocenters. The molecule has 1 aliphatic heterocycles. The summed E-state index contributed by atoms with van der Waals surface area (Å²) in [6.45, 7) is 12.6. The molecule has 0 unspecified atom stereocenters. The molecule has 13 heavy (non-hydrogen) atoms. The molecule has 0 saturated carbocycles. The molecule has 78 valence electrons. The molecule has 1 fully saturated rings. The van der Waals surface area contributed by atoms with Crippen molar-refractivity contribution in [3.63, 3.8) is 0 Å². The van der Waals surface area contributed by atoms with Crippen molar-refractivity contribution >= 4 is 8.07 Å². The summed E-state index contributed by atoms with van der Waals surface area (Å²) in [6, 6.07) is 0. The van der Waals surface area contributed by atoms with Crippen LogP contribution >= 0.6 is 0 Å². The maximum absolute atomic E-state index is 2.76. The Hall–Kier alpha value is 0.177. The Morgan fingerprint density at radius 3 is 2.54 bits per heavy atom. The van der Waals surface area contributed by atoms with E-state index in [1.165, 1.54) is 38.8 Å². The van der Waals surface area contributed by atoms with Gasteiger partial charge in [0.2, 0.25) is 0 Å². The van der Waals surface area contributed by atoms with Gasteiger partial charge >= 0.3 is 0 Å². The Labute approximate surface area is 84.5 Å². The Bertz CT molecular complexity index is 151. The molecule has 2 heteroatoms. The molecule has 0 aromatic carbocycles. The molecule has 1 saturated heterocycles. The van der Waals surface area contributed by atoms with Gasteiger partial charge in [0, 0.05) is 5.67 Å². The molecule has 1 heterocycles. The van der Waals surface area contributed by atoms with Crippen molar-refractivity contribution in [1.29, 1.82) is 0 Å². The van der Waals surface area contributed by atoms with Gasteiger partial charge in [0.25, 0.3) is 0 Å². The summed E-state index contributed by atoms with van der Waals surface area (Å²) in [5.74, 6) is 0. The molecular formula is C11H25NSi. The van der Waals surface area contributed by atoms with Crippen LogP contribution in [0.5, 0.6) is 0 Å².